The van der Waals surface area contributed by atoms with Gasteiger partial charge in [-0.3, -0.25) is 9.10 Å². The number of carbonyl (C=O) groups is 1. The van der Waals surface area contributed by atoms with Crippen LogP contribution in [0.4, 0.5) is 10.1 Å². The lowest BCUT2D eigenvalue weighted by atomic mass is 10.1. The molecule has 1 N–H and O–H groups in total. The zero-order valence-electron chi connectivity index (χ0n) is 16.5. The van der Waals surface area contributed by atoms with E-state index in [0.717, 1.165) is 6.26 Å². The van der Waals surface area contributed by atoms with Crippen LogP contribution in [-0.2, 0) is 23.1 Å². The number of carbonyl (C=O) groups excluding carboxylic acids is 1. The fraction of sp³-hybridized carbons (Fsp3) is 0.136. The van der Waals surface area contributed by atoms with Gasteiger partial charge in [0.2, 0.25) is 10.0 Å². The Morgan fingerprint density at radius 1 is 0.968 bits per heavy atom. The van der Waals surface area contributed by atoms with Crippen molar-refractivity contribution in [3.05, 3.63) is 99.3 Å². The molecule has 0 aliphatic carbocycles. The van der Waals surface area contributed by atoms with Gasteiger partial charge in [-0.25, -0.2) is 12.8 Å². The molecule has 162 valence electrons. The van der Waals surface area contributed by atoms with Gasteiger partial charge in [-0.2, -0.15) is 0 Å². The second-order valence-corrected chi connectivity index (χ2v) is 9.69. The highest BCUT2D eigenvalue weighted by Gasteiger charge is 2.19. The number of anilines is 1. The van der Waals surface area contributed by atoms with E-state index in [0.29, 0.717) is 32.4 Å². The van der Waals surface area contributed by atoms with Gasteiger partial charge in [0, 0.05) is 22.2 Å². The van der Waals surface area contributed by atoms with Gasteiger partial charge in [-0.1, -0.05) is 47.5 Å². The largest absolute Gasteiger partial charge is 0.348 e. The Bertz CT molecular complexity index is 1180. The van der Waals surface area contributed by atoms with Crippen LogP contribution < -0.4 is 9.62 Å². The van der Waals surface area contributed by atoms with E-state index < -0.39 is 10.0 Å². The van der Waals surface area contributed by atoms with Crippen LogP contribution >= 0.6 is 23.2 Å². The molecule has 0 heterocycles. The van der Waals surface area contributed by atoms with Crippen molar-refractivity contribution in [2.45, 2.75) is 13.1 Å². The molecule has 0 atom stereocenters. The van der Waals surface area contributed by atoms with Crippen LogP contribution in [0.1, 0.15) is 21.5 Å². The molecule has 5 nitrogen and oxygen atoms in total. The molecule has 0 saturated heterocycles. The Labute approximate surface area is 190 Å². The highest BCUT2D eigenvalue weighted by atomic mass is 35.5. The van der Waals surface area contributed by atoms with Crippen molar-refractivity contribution >= 4 is 44.8 Å². The van der Waals surface area contributed by atoms with Gasteiger partial charge in [0.15, 0.2) is 0 Å². The van der Waals surface area contributed by atoms with Gasteiger partial charge in [-0.05, 0) is 53.6 Å². The molecule has 0 aromatic heterocycles. The molecular formula is C22H19Cl2FN2O3S. The predicted molar refractivity (Wildman–Crippen MR) is 122 cm³/mol. The number of hydrogen-bond acceptors (Lipinski definition) is 3. The molecule has 0 aliphatic heterocycles. The molecule has 0 spiro atoms. The Hall–Kier alpha value is -2.61. The second-order valence-electron chi connectivity index (χ2n) is 6.91. The zero-order valence-corrected chi connectivity index (χ0v) is 18.8. The van der Waals surface area contributed by atoms with Gasteiger partial charge < -0.3 is 5.32 Å². The molecule has 3 rings (SSSR count). The third-order valence-electron chi connectivity index (χ3n) is 4.42. The quantitative estimate of drug-likeness (QED) is 0.515. The summed E-state index contributed by atoms with van der Waals surface area (Å²) in [7, 11) is -3.61. The maximum Gasteiger partial charge on any atom is 0.251 e. The van der Waals surface area contributed by atoms with E-state index in [1.807, 2.05) is 0 Å². The number of halogens is 3. The number of nitrogens with one attached hydrogen (secondary N) is 1. The van der Waals surface area contributed by atoms with Crippen LogP contribution in [0.25, 0.3) is 0 Å². The van der Waals surface area contributed by atoms with E-state index in [2.05, 4.69) is 5.32 Å². The number of nitrogens with zero attached hydrogens (tertiary/aromatic N) is 1. The highest BCUT2D eigenvalue weighted by Crippen LogP contribution is 2.28. The Balaban J connectivity index is 1.72. The number of sulfonamides is 1. The molecule has 0 aliphatic rings. The molecule has 0 saturated carbocycles. The molecular weight excluding hydrogens is 462 g/mol. The summed E-state index contributed by atoms with van der Waals surface area (Å²) < 4.78 is 39.1. The molecule has 31 heavy (non-hydrogen) atoms. The standard InChI is InChI=1S/C22H19Cl2FN2O3S/c1-31(29,30)27(21-11-18(23)10-19(24)12-21)14-15-5-7-17(8-6-15)22(28)26-13-16-3-2-4-20(25)9-16/h2-12H,13-14H2,1H3,(H,26,28). The lowest BCUT2D eigenvalue weighted by Crippen LogP contribution is -2.29. The first-order valence-electron chi connectivity index (χ1n) is 9.17. The number of rotatable bonds is 7. The monoisotopic (exact) mass is 480 g/mol. The fourth-order valence-electron chi connectivity index (χ4n) is 2.94. The molecule has 0 unspecified atom stereocenters. The molecule has 3 aromatic carbocycles. The van der Waals surface area contributed by atoms with Gasteiger partial charge in [-0.15, -0.1) is 0 Å². The first-order valence-corrected chi connectivity index (χ1v) is 11.8. The van der Waals surface area contributed by atoms with E-state index in [9.17, 15) is 17.6 Å². The first kappa shape index (κ1) is 23.1. The Morgan fingerprint density at radius 3 is 2.19 bits per heavy atom. The van der Waals surface area contributed by atoms with Crippen molar-refractivity contribution in [3.8, 4) is 0 Å². The van der Waals surface area contributed by atoms with E-state index in [1.54, 1.807) is 36.4 Å². The van der Waals surface area contributed by atoms with Gasteiger partial charge >= 0.3 is 0 Å². The summed E-state index contributed by atoms with van der Waals surface area (Å²) in [5, 5.41) is 3.37. The van der Waals surface area contributed by atoms with Crippen molar-refractivity contribution in [3.63, 3.8) is 0 Å². The lowest BCUT2D eigenvalue weighted by Gasteiger charge is -2.23. The van der Waals surface area contributed by atoms with Crippen LogP contribution in [0.15, 0.2) is 66.7 Å². The Morgan fingerprint density at radius 2 is 1.61 bits per heavy atom. The van der Waals surface area contributed by atoms with Gasteiger partial charge in [0.25, 0.3) is 5.91 Å². The third-order valence-corrected chi connectivity index (χ3v) is 6.00. The van der Waals surface area contributed by atoms with Crippen LogP contribution in [0.5, 0.6) is 0 Å². The molecule has 9 heteroatoms. The maximum absolute atomic E-state index is 13.2. The topological polar surface area (TPSA) is 66.5 Å². The summed E-state index contributed by atoms with van der Waals surface area (Å²) >= 11 is 12.0. The first-order chi connectivity index (χ1) is 14.6. The molecule has 0 fully saturated rings. The summed E-state index contributed by atoms with van der Waals surface area (Å²) in [5.74, 6) is -0.690. The van der Waals surface area contributed by atoms with Crippen molar-refractivity contribution in [2.24, 2.45) is 0 Å². The van der Waals surface area contributed by atoms with Crippen LogP contribution in [0.2, 0.25) is 10.0 Å². The van der Waals surface area contributed by atoms with E-state index in [4.69, 9.17) is 23.2 Å². The maximum atomic E-state index is 13.2. The summed E-state index contributed by atoms with van der Waals surface area (Å²) in [6.07, 6.45) is 1.09. The van der Waals surface area contributed by atoms with Crippen LogP contribution in [0.3, 0.4) is 0 Å². The van der Waals surface area contributed by atoms with Crippen molar-refractivity contribution in [1.82, 2.24) is 5.32 Å². The van der Waals surface area contributed by atoms with Crippen molar-refractivity contribution in [2.75, 3.05) is 10.6 Å². The van der Waals surface area contributed by atoms with Crippen molar-refractivity contribution in [1.29, 1.82) is 0 Å². The normalized spacial score (nSPS) is 11.2. The highest BCUT2D eigenvalue weighted by molar-refractivity contribution is 7.92. The van der Waals surface area contributed by atoms with Crippen LogP contribution in [0, 0.1) is 5.82 Å². The SMILES string of the molecule is CS(=O)(=O)N(Cc1ccc(C(=O)NCc2cccc(F)c2)cc1)c1cc(Cl)cc(Cl)c1. The number of amides is 1. The summed E-state index contributed by atoms with van der Waals surface area (Å²) in [4.78, 5) is 12.4. The predicted octanol–water partition coefficient (Wildman–Crippen LogP) is 5.03. The molecule has 1 amide bonds. The van der Waals surface area contributed by atoms with Gasteiger partial charge in [0.1, 0.15) is 5.82 Å². The minimum Gasteiger partial charge on any atom is -0.348 e. The molecule has 3 aromatic rings. The summed E-state index contributed by atoms with van der Waals surface area (Å²) in [5.41, 5.74) is 2.06. The molecule has 0 radical (unpaired) electrons. The minimum absolute atomic E-state index is 0.0424. The summed E-state index contributed by atoms with van der Waals surface area (Å²) in [6.45, 7) is 0.233. The minimum atomic E-state index is -3.61. The van der Waals surface area contributed by atoms with Gasteiger partial charge in [0.05, 0.1) is 18.5 Å². The smallest absolute Gasteiger partial charge is 0.251 e. The Kier molecular flexibility index (Phi) is 7.20. The average Bonchev–Trinajstić information content (AvgIpc) is 2.69. The van der Waals surface area contributed by atoms with E-state index in [-0.39, 0.29) is 24.8 Å². The molecule has 0 bridgehead atoms. The second kappa shape index (κ2) is 9.68. The van der Waals surface area contributed by atoms with Crippen molar-refractivity contribution < 1.29 is 17.6 Å². The third kappa shape index (κ3) is 6.43. The van der Waals surface area contributed by atoms with E-state index in [1.165, 1.54) is 34.6 Å². The zero-order chi connectivity index (χ0) is 22.6. The number of hydrogen-bond donors (Lipinski definition) is 1. The summed E-state index contributed by atoms with van der Waals surface area (Å²) in [6, 6.07) is 17.1. The van der Waals surface area contributed by atoms with Crippen LogP contribution in [-0.4, -0.2) is 20.6 Å². The fourth-order valence-corrected chi connectivity index (χ4v) is 4.33. The lowest BCUT2D eigenvalue weighted by molar-refractivity contribution is 0.0951. The van der Waals surface area contributed by atoms with E-state index >= 15 is 0 Å². The average molecular weight is 481 g/mol. The number of benzene rings is 3.